The first-order chi connectivity index (χ1) is 14.8. The molecule has 31 heavy (non-hydrogen) atoms. The van der Waals surface area contributed by atoms with Crippen molar-refractivity contribution >= 4 is 28.5 Å². The van der Waals surface area contributed by atoms with E-state index in [0.717, 1.165) is 79.8 Å². The van der Waals surface area contributed by atoms with E-state index in [4.69, 9.17) is 15.5 Å². The average Bonchev–Trinajstić information content (AvgIpc) is 2.73. The van der Waals surface area contributed by atoms with Crippen LogP contribution in [-0.4, -0.2) is 54.6 Å². The van der Waals surface area contributed by atoms with E-state index in [0.29, 0.717) is 6.04 Å². The van der Waals surface area contributed by atoms with Gasteiger partial charge in [-0.3, -0.25) is 4.79 Å². The van der Waals surface area contributed by atoms with E-state index >= 15 is 0 Å². The van der Waals surface area contributed by atoms with Crippen LogP contribution in [0.15, 0.2) is 29.3 Å². The molecule has 1 aromatic carbocycles. The number of aryl methyl sites for hydroxylation is 1. The molecule has 1 aromatic heterocycles. The van der Waals surface area contributed by atoms with Gasteiger partial charge in [-0.15, -0.1) is 0 Å². The van der Waals surface area contributed by atoms with Crippen molar-refractivity contribution in [3.63, 3.8) is 0 Å². The van der Waals surface area contributed by atoms with E-state index in [1.165, 1.54) is 6.92 Å². The second-order valence-electron chi connectivity index (χ2n) is 9.15. The van der Waals surface area contributed by atoms with Crippen LogP contribution >= 0.6 is 0 Å². The number of benzene rings is 1. The van der Waals surface area contributed by atoms with Crippen LogP contribution in [0, 0.1) is 6.92 Å². The molecule has 1 amide bonds. The summed E-state index contributed by atoms with van der Waals surface area (Å²) in [5, 5.41) is 4.89. The van der Waals surface area contributed by atoms with Gasteiger partial charge in [0, 0.05) is 50.2 Å². The molecule has 0 radical (unpaired) electrons. The van der Waals surface area contributed by atoms with Crippen LogP contribution < -0.4 is 16.0 Å². The SMILES string of the molecule is CC(=O)N=C(N)c1cc2cc(C)ccc2nc1N1CCC(NC2(C)CCOCC2)CC1. The van der Waals surface area contributed by atoms with Gasteiger partial charge in [0.1, 0.15) is 11.7 Å². The first-order valence-corrected chi connectivity index (χ1v) is 11.2. The lowest BCUT2D eigenvalue weighted by atomic mass is 9.90. The number of piperidine rings is 1. The van der Waals surface area contributed by atoms with Crippen molar-refractivity contribution in [3.8, 4) is 0 Å². The van der Waals surface area contributed by atoms with Gasteiger partial charge in [-0.25, -0.2) is 4.98 Å². The van der Waals surface area contributed by atoms with Gasteiger partial charge in [-0.05, 0) is 57.7 Å². The van der Waals surface area contributed by atoms with Gasteiger partial charge in [-0.2, -0.15) is 4.99 Å². The fourth-order valence-corrected chi connectivity index (χ4v) is 4.64. The number of fused-ring (bicyclic) bond motifs is 1. The van der Waals surface area contributed by atoms with Crippen molar-refractivity contribution in [2.75, 3.05) is 31.2 Å². The molecule has 2 fully saturated rings. The summed E-state index contributed by atoms with van der Waals surface area (Å²) in [4.78, 5) is 22.8. The van der Waals surface area contributed by atoms with Gasteiger partial charge in [0.2, 0.25) is 5.91 Å². The standard InChI is InChI=1S/C24H33N5O2/c1-16-4-5-21-18(14-16)15-20(22(25)26-17(2)30)23(27-21)29-10-6-19(7-11-29)28-24(3)8-12-31-13-9-24/h4-5,14-15,19,28H,6-13H2,1-3H3,(H2,25,26,30). The number of anilines is 1. The fourth-order valence-electron chi connectivity index (χ4n) is 4.64. The number of amides is 1. The summed E-state index contributed by atoms with van der Waals surface area (Å²) in [5.74, 6) is 0.739. The molecule has 0 atom stereocenters. The number of carbonyl (C=O) groups is 1. The zero-order chi connectivity index (χ0) is 22.0. The molecule has 166 valence electrons. The minimum Gasteiger partial charge on any atom is -0.383 e. The summed E-state index contributed by atoms with van der Waals surface area (Å²) in [6.07, 6.45) is 4.18. The summed E-state index contributed by atoms with van der Waals surface area (Å²) in [7, 11) is 0. The predicted molar refractivity (Wildman–Crippen MR) is 125 cm³/mol. The van der Waals surface area contributed by atoms with Gasteiger partial charge in [0.05, 0.1) is 11.1 Å². The van der Waals surface area contributed by atoms with Crippen LogP contribution in [-0.2, 0) is 9.53 Å². The van der Waals surface area contributed by atoms with Crippen molar-refractivity contribution in [2.45, 2.75) is 58.0 Å². The lowest BCUT2D eigenvalue weighted by molar-refractivity contribution is -0.115. The zero-order valence-corrected chi connectivity index (χ0v) is 18.8. The first kappa shape index (κ1) is 21.7. The second kappa shape index (κ2) is 8.93. The average molecular weight is 424 g/mol. The highest BCUT2D eigenvalue weighted by molar-refractivity contribution is 6.08. The molecule has 3 N–H and O–H groups in total. The molecule has 2 aliphatic rings. The maximum absolute atomic E-state index is 11.6. The highest BCUT2D eigenvalue weighted by Gasteiger charge is 2.32. The quantitative estimate of drug-likeness (QED) is 0.580. The Hall–Kier alpha value is -2.51. The lowest BCUT2D eigenvalue weighted by Gasteiger charge is -2.41. The Morgan fingerprint density at radius 2 is 1.97 bits per heavy atom. The van der Waals surface area contributed by atoms with Crippen LogP contribution in [0.5, 0.6) is 0 Å². The van der Waals surface area contributed by atoms with E-state index in [9.17, 15) is 4.79 Å². The molecule has 0 aliphatic carbocycles. The van der Waals surface area contributed by atoms with E-state index in [2.05, 4.69) is 41.2 Å². The summed E-state index contributed by atoms with van der Waals surface area (Å²) in [6.45, 7) is 9.22. The number of hydrogen-bond acceptors (Lipinski definition) is 5. The predicted octanol–water partition coefficient (Wildman–Crippen LogP) is 2.92. The summed E-state index contributed by atoms with van der Waals surface area (Å²) < 4.78 is 5.53. The fraction of sp³-hybridized carbons (Fsp3) is 0.542. The summed E-state index contributed by atoms with van der Waals surface area (Å²) in [6, 6.07) is 8.68. The molecule has 4 rings (SSSR count). The van der Waals surface area contributed by atoms with Crippen LogP contribution in [0.25, 0.3) is 10.9 Å². The number of amidine groups is 1. The Morgan fingerprint density at radius 1 is 1.26 bits per heavy atom. The Bertz CT molecular complexity index is 989. The van der Waals surface area contributed by atoms with Gasteiger partial charge in [0.15, 0.2) is 0 Å². The molecule has 2 saturated heterocycles. The number of nitrogens with two attached hydrogens (primary N) is 1. The molecule has 7 nitrogen and oxygen atoms in total. The van der Waals surface area contributed by atoms with Crippen molar-refractivity contribution < 1.29 is 9.53 Å². The van der Waals surface area contributed by atoms with Crippen LogP contribution in [0.3, 0.4) is 0 Å². The minimum atomic E-state index is -0.305. The van der Waals surface area contributed by atoms with Gasteiger partial charge in [-0.1, -0.05) is 11.6 Å². The Labute approximate surface area is 184 Å². The molecule has 7 heteroatoms. The largest absolute Gasteiger partial charge is 0.383 e. The number of nitrogens with one attached hydrogen (secondary N) is 1. The van der Waals surface area contributed by atoms with Gasteiger partial charge in [0.25, 0.3) is 0 Å². The summed E-state index contributed by atoms with van der Waals surface area (Å²) >= 11 is 0. The van der Waals surface area contributed by atoms with E-state index < -0.39 is 0 Å². The summed E-state index contributed by atoms with van der Waals surface area (Å²) in [5.41, 5.74) is 9.21. The monoisotopic (exact) mass is 423 g/mol. The molecule has 3 heterocycles. The lowest BCUT2D eigenvalue weighted by Crippen LogP contribution is -2.54. The van der Waals surface area contributed by atoms with E-state index in [1.54, 1.807) is 0 Å². The van der Waals surface area contributed by atoms with Crippen LogP contribution in [0.2, 0.25) is 0 Å². The zero-order valence-electron chi connectivity index (χ0n) is 18.8. The molecule has 0 saturated carbocycles. The number of ether oxygens (including phenoxy) is 1. The number of pyridine rings is 1. The number of rotatable bonds is 4. The number of carbonyl (C=O) groups excluding carboxylic acids is 1. The Kier molecular flexibility index (Phi) is 6.25. The number of aromatic nitrogens is 1. The highest BCUT2D eigenvalue weighted by atomic mass is 16.5. The highest BCUT2D eigenvalue weighted by Crippen LogP contribution is 2.28. The third-order valence-electron chi connectivity index (χ3n) is 6.45. The van der Waals surface area contributed by atoms with Gasteiger partial charge >= 0.3 is 0 Å². The van der Waals surface area contributed by atoms with Crippen molar-refractivity contribution in [3.05, 3.63) is 35.4 Å². The van der Waals surface area contributed by atoms with Crippen LogP contribution in [0.4, 0.5) is 5.82 Å². The minimum absolute atomic E-state index is 0.161. The Balaban J connectivity index is 1.57. The van der Waals surface area contributed by atoms with Gasteiger partial charge < -0.3 is 20.7 Å². The maximum Gasteiger partial charge on any atom is 0.244 e. The molecule has 0 unspecified atom stereocenters. The molecule has 0 spiro atoms. The third-order valence-corrected chi connectivity index (χ3v) is 6.45. The number of hydrogen-bond donors (Lipinski definition) is 2. The maximum atomic E-state index is 11.6. The van der Waals surface area contributed by atoms with E-state index in [1.807, 2.05) is 12.1 Å². The smallest absolute Gasteiger partial charge is 0.244 e. The number of aliphatic imine (C=N–C) groups is 1. The normalized spacial score (nSPS) is 20.2. The topological polar surface area (TPSA) is 92.8 Å². The molecule has 0 bridgehead atoms. The van der Waals surface area contributed by atoms with Crippen molar-refractivity contribution in [1.29, 1.82) is 0 Å². The number of nitrogens with zero attached hydrogens (tertiary/aromatic N) is 3. The molecular weight excluding hydrogens is 390 g/mol. The molecule has 2 aliphatic heterocycles. The van der Waals surface area contributed by atoms with Crippen molar-refractivity contribution in [2.24, 2.45) is 10.7 Å². The van der Waals surface area contributed by atoms with E-state index in [-0.39, 0.29) is 17.3 Å². The Morgan fingerprint density at radius 3 is 2.65 bits per heavy atom. The third kappa shape index (κ3) is 5.05. The first-order valence-electron chi connectivity index (χ1n) is 11.2. The van der Waals surface area contributed by atoms with Crippen LogP contribution in [0.1, 0.15) is 50.7 Å². The van der Waals surface area contributed by atoms with Crippen molar-refractivity contribution in [1.82, 2.24) is 10.3 Å². The molecular formula is C24H33N5O2. The second-order valence-corrected chi connectivity index (χ2v) is 9.15. The molecule has 2 aromatic rings.